The van der Waals surface area contributed by atoms with E-state index in [1.807, 2.05) is 42.2 Å². The van der Waals surface area contributed by atoms with Crippen LogP contribution in [-0.4, -0.2) is 70.4 Å². The van der Waals surface area contributed by atoms with E-state index in [2.05, 4.69) is 16.7 Å². The van der Waals surface area contributed by atoms with Gasteiger partial charge in [0.1, 0.15) is 4.87 Å². The van der Waals surface area contributed by atoms with Crippen LogP contribution in [0, 0.1) is 35.0 Å². The van der Waals surface area contributed by atoms with Gasteiger partial charge < -0.3 is 20.4 Å². The minimum absolute atomic E-state index is 0.0477. The molecule has 0 bridgehead atoms. The van der Waals surface area contributed by atoms with E-state index < -0.39 is 16.7 Å². The lowest BCUT2D eigenvalue weighted by Gasteiger charge is -2.35. The Morgan fingerprint density at radius 3 is 2.76 bits per heavy atom. The van der Waals surface area contributed by atoms with Gasteiger partial charge in [0.15, 0.2) is 0 Å². The standard InChI is InChI=1S/C25H31N5O3S/c1-2-30-24(33)20-17(15-28-16-8-4-3-5-9-16)22(20)34-25(30)18(14-26)21(25)23(32)27-11-7-13-29-12-6-10-19(29)31/h3-5,8-9,17-18,20-22,28H,2,6-7,10-13,15H2,1H3,(H,27,32). The van der Waals surface area contributed by atoms with Gasteiger partial charge >= 0.3 is 0 Å². The number of anilines is 1. The summed E-state index contributed by atoms with van der Waals surface area (Å²) in [4.78, 5) is 41.1. The van der Waals surface area contributed by atoms with E-state index in [0.29, 0.717) is 39.0 Å². The summed E-state index contributed by atoms with van der Waals surface area (Å²) in [5.41, 5.74) is 1.03. The van der Waals surface area contributed by atoms with Crippen LogP contribution in [0.2, 0.25) is 0 Å². The van der Waals surface area contributed by atoms with E-state index in [-0.39, 0.29) is 34.8 Å². The van der Waals surface area contributed by atoms with Gasteiger partial charge in [-0.15, -0.1) is 11.8 Å². The highest BCUT2D eigenvalue weighted by Crippen LogP contribution is 2.71. The predicted octanol–water partition coefficient (Wildman–Crippen LogP) is 1.90. The van der Waals surface area contributed by atoms with E-state index >= 15 is 0 Å². The summed E-state index contributed by atoms with van der Waals surface area (Å²) in [7, 11) is 0. The number of thioether (sulfide) groups is 1. The molecule has 4 fully saturated rings. The molecule has 2 N–H and O–H groups in total. The summed E-state index contributed by atoms with van der Waals surface area (Å²) in [5.74, 6) is -0.746. The number of likely N-dealkylation sites (tertiary alicyclic amines) is 1. The summed E-state index contributed by atoms with van der Waals surface area (Å²) >= 11 is 1.67. The molecule has 0 aromatic heterocycles. The molecule has 3 amide bonds. The molecule has 6 atom stereocenters. The van der Waals surface area contributed by atoms with Gasteiger partial charge in [0.25, 0.3) is 0 Å². The fourth-order valence-electron chi connectivity index (χ4n) is 5.77. The minimum Gasteiger partial charge on any atom is -0.385 e. The Morgan fingerprint density at radius 1 is 1.29 bits per heavy atom. The predicted molar refractivity (Wildman–Crippen MR) is 129 cm³/mol. The van der Waals surface area contributed by atoms with Crippen LogP contribution in [0.3, 0.4) is 0 Å². The molecular weight excluding hydrogens is 450 g/mol. The van der Waals surface area contributed by atoms with Crippen LogP contribution in [0.25, 0.3) is 0 Å². The van der Waals surface area contributed by atoms with Crippen LogP contribution in [0.1, 0.15) is 26.2 Å². The second kappa shape index (κ2) is 9.14. The van der Waals surface area contributed by atoms with Gasteiger partial charge in [-0.2, -0.15) is 5.26 Å². The molecule has 4 aliphatic rings. The Balaban J connectivity index is 1.20. The van der Waals surface area contributed by atoms with Crippen LogP contribution in [0.4, 0.5) is 5.69 Å². The Kier molecular flexibility index (Phi) is 6.19. The fourth-order valence-corrected chi connectivity index (χ4v) is 8.02. The third-order valence-corrected chi connectivity index (χ3v) is 9.66. The summed E-state index contributed by atoms with van der Waals surface area (Å²) in [6.45, 7) is 5.03. The number of nitrogens with zero attached hydrogens (tertiary/aromatic N) is 3. The molecule has 2 saturated carbocycles. The molecule has 2 aliphatic carbocycles. The first-order valence-electron chi connectivity index (χ1n) is 12.3. The SMILES string of the molecule is CCN1C(=O)C2C(CNc3ccccc3)C2SC12C(C#N)C2C(=O)NCCCN1CCCC1=O. The molecule has 2 heterocycles. The monoisotopic (exact) mass is 481 g/mol. The number of nitriles is 1. The Bertz CT molecular complexity index is 1010. The van der Waals surface area contributed by atoms with Crippen molar-refractivity contribution in [2.75, 3.05) is 38.0 Å². The molecule has 2 saturated heterocycles. The molecular formula is C25H31N5O3S. The highest BCUT2D eigenvalue weighted by Gasteiger charge is 2.80. The molecule has 8 nitrogen and oxygen atoms in total. The summed E-state index contributed by atoms with van der Waals surface area (Å²) in [6, 6.07) is 12.3. The lowest BCUT2D eigenvalue weighted by molar-refractivity contribution is -0.135. The van der Waals surface area contributed by atoms with Crippen molar-refractivity contribution in [2.45, 2.75) is 36.3 Å². The van der Waals surface area contributed by atoms with Crippen LogP contribution in [0.15, 0.2) is 30.3 Å². The van der Waals surface area contributed by atoms with Crippen molar-refractivity contribution in [2.24, 2.45) is 23.7 Å². The zero-order valence-corrected chi connectivity index (χ0v) is 20.2. The molecule has 5 rings (SSSR count). The van der Waals surface area contributed by atoms with Crippen molar-refractivity contribution >= 4 is 35.2 Å². The molecule has 1 spiro atoms. The minimum atomic E-state index is -0.752. The third-order valence-electron chi connectivity index (χ3n) is 7.64. The number of hydrogen-bond donors (Lipinski definition) is 2. The van der Waals surface area contributed by atoms with Crippen molar-refractivity contribution in [3.8, 4) is 6.07 Å². The van der Waals surface area contributed by atoms with Crippen molar-refractivity contribution < 1.29 is 14.4 Å². The first-order valence-corrected chi connectivity index (χ1v) is 13.1. The Labute approximate surface area is 204 Å². The maximum Gasteiger partial charge on any atom is 0.228 e. The van der Waals surface area contributed by atoms with Gasteiger partial charge in [0.2, 0.25) is 17.7 Å². The maximum absolute atomic E-state index is 13.3. The Morgan fingerprint density at radius 2 is 2.09 bits per heavy atom. The third kappa shape index (κ3) is 3.82. The first-order chi connectivity index (χ1) is 16.5. The summed E-state index contributed by atoms with van der Waals surface area (Å²) in [5, 5.41) is 16.4. The van der Waals surface area contributed by atoms with Crippen molar-refractivity contribution in [1.82, 2.24) is 15.1 Å². The zero-order valence-electron chi connectivity index (χ0n) is 19.4. The summed E-state index contributed by atoms with van der Waals surface area (Å²) in [6.07, 6.45) is 2.21. The average molecular weight is 482 g/mol. The quantitative estimate of drug-likeness (QED) is 0.522. The van der Waals surface area contributed by atoms with E-state index in [9.17, 15) is 19.6 Å². The first kappa shape index (κ1) is 23.0. The van der Waals surface area contributed by atoms with Gasteiger partial charge in [-0.05, 0) is 31.9 Å². The second-order valence-corrected chi connectivity index (χ2v) is 11.0. The highest BCUT2D eigenvalue weighted by molar-refractivity contribution is 8.02. The number of benzene rings is 1. The number of rotatable bonds is 9. The van der Waals surface area contributed by atoms with Gasteiger partial charge in [0.05, 0.1) is 23.8 Å². The summed E-state index contributed by atoms with van der Waals surface area (Å²) < 4.78 is 0. The van der Waals surface area contributed by atoms with Gasteiger partial charge in [-0.3, -0.25) is 14.4 Å². The van der Waals surface area contributed by atoms with Crippen molar-refractivity contribution in [3.05, 3.63) is 30.3 Å². The van der Waals surface area contributed by atoms with Crippen LogP contribution < -0.4 is 10.6 Å². The normalized spacial score (nSPS) is 33.5. The van der Waals surface area contributed by atoms with Gasteiger partial charge in [-0.25, -0.2) is 0 Å². The fraction of sp³-hybridized carbons (Fsp3) is 0.600. The van der Waals surface area contributed by atoms with Crippen LogP contribution in [-0.2, 0) is 14.4 Å². The van der Waals surface area contributed by atoms with Crippen molar-refractivity contribution in [3.63, 3.8) is 0 Å². The Hall–Kier alpha value is -2.73. The number of para-hydroxylation sites is 1. The van der Waals surface area contributed by atoms with E-state index in [4.69, 9.17) is 0 Å². The van der Waals surface area contributed by atoms with E-state index in [1.165, 1.54) is 0 Å². The second-order valence-electron chi connectivity index (χ2n) is 9.57. The smallest absolute Gasteiger partial charge is 0.228 e. The van der Waals surface area contributed by atoms with Crippen LogP contribution in [0.5, 0.6) is 0 Å². The number of fused-ring (bicyclic) bond motifs is 1. The highest BCUT2D eigenvalue weighted by atomic mass is 32.2. The molecule has 1 aromatic carbocycles. The lowest BCUT2D eigenvalue weighted by Crippen LogP contribution is -2.48. The number of carbonyl (C=O) groups excluding carboxylic acids is 3. The molecule has 180 valence electrons. The molecule has 2 aliphatic heterocycles. The van der Waals surface area contributed by atoms with Gasteiger partial charge in [0, 0.05) is 56.0 Å². The number of amides is 3. The zero-order chi connectivity index (χ0) is 23.9. The number of hydrogen-bond acceptors (Lipinski definition) is 6. The molecule has 6 unspecified atom stereocenters. The topological polar surface area (TPSA) is 106 Å². The molecule has 1 aromatic rings. The molecule has 9 heteroatoms. The largest absolute Gasteiger partial charge is 0.385 e. The number of nitrogens with one attached hydrogen (secondary N) is 2. The van der Waals surface area contributed by atoms with Crippen LogP contribution >= 0.6 is 11.8 Å². The van der Waals surface area contributed by atoms with E-state index in [1.54, 1.807) is 16.7 Å². The van der Waals surface area contributed by atoms with Gasteiger partial charge in [-0.1, -0.05) is 18.2 Å². The van der Waals surface area contributed by atoms with Crippen molar-refractivity contribution in [1.29, 1.82) is 5.26 Å². The maximum atomic E-state index is 13.3. The molecule has 34 heavy (non-hydrogen) atoms. The average Bonchev–Trinajstić information content (AvgIpc) is 3.66. The van der Waals surface area contributed by atoms with E-state index in [0.717, 1.165) is 18.7 Å². The number of carbonyl (C=O) groups is 3. The molecule has 0 radical (unpaired) electrons. The lowest BCUT2D eigenvalue weighted by atomic mass is 10.2.